The molecule has 2 aromatic rings. The molecule has 1 aliphatic heterocycles. The summed E-state index contributed by atoms with van der Waals surface area (Å²) >= 11 is 1.52. The second-order valence-electron chi connectivity index (χ2n) is 5.16. The molecule has 110 valence electrons. The Kier molecular flexibility index (Phi) is 4.31. The minimum absolute atomic E-state index is 0.0573. The molecule has 0 aliphatic carbocycles. The van der Waals surface area contributed by atoms with E-state index in [-0.39, 0.29) is 17.8 Å². The highest BCUT2D eigenvalue weighted by atomic mass is 32.1. The van der Waals surface area contributed by atoms with Gasteiger partial charge in [0.05, 0.1) is 6.04 Å². The van der Waals surface area contributed by atoms with E-state index in [4.69, 9.17) is 0 Å². The Bertz CT molecular complexity index is 627. The zero-order valence-corrected chi connectivity index (χ0v) is 12.4. The van der Waals surface area contributed by atoms with Crippen LogP contribution < -0.4 is 10.6 Å². The van der Waals surface area contributed by atoms with Gasteiger partial charge in [0.15, 0.2) is 0 Å². The third-order valence-corrected chi connectivity index (χ3v) is 4.56. The second kappa shape index (κ2) is 6.37. The molecule has 1 atom stereocenters. The molecule has 2 N–H and O–H groups in total. The van der Waals surface area contributed by atoms with Gasteiger partial charge in [-0.15, -0.1) is 11.3 Å². The predicted molar refractivity (Wildman–Crippen MR) is 82.6 cm³/mol. The van der Waals surface area contributed by atoms with Gasteiger partial charge in [0.1, 0.15) is 5.82 Å². The summed E-state index contributed by atoms with van der Waals surface area (Å²) in [6, 6.07) is 8.79. The zero-order valence-electron chi connectivity index (χ0n) is 11.6. The third-order valence-electron chi connectivity index (χ3n) is 3.66. The molecule has 1 aromatic carbocycles. The zero-order chi connectivity index (χ0) is 14.7. The van der Waals surface area contributed by atoms with E-state index in [1.165, 1.54) is 17.4 Å². The fraction of sp³-hybridized carbons (Fsp3) is 0.312. The fourth-order valence-electron chi connectivity index (χ4n) is 2.51. The van der Waals surface area contributed by atoms with Crippen molar-refractivity contribution in [1.29, 1.82) is 0 Å². The normalized spacial score (nSPS) is 18.5. The van der Waals surface area contributed by atoms with Crippen molar-refractivity contribution in [2.24, 2.45) is 0 Å². The SMILES string of the molecule is O=C1NCCC[C@@H]1NCc1ccc(F)c(-c2cccs2)c1. The van der Waals surface area contributed by atoms with Crippen molar-refractivity contribution in [3.05, 3.63) is 47.1 Å². The minimum Gasteiger partial charge on any atom is -0.355 e. The topological polar surface area (TPSA) is 41.1 Å². The standard InChI is InChI=1S/C16H17FN2OS/c17-13-6-5-11(9-12(13)15-4-2-8-21-15)10-19-14-3-1-7-18-16(14)20/h2,4-6,8-9,14,19H,1,3,7,10H2,(H,18,20)/t14-/m0/s1. The molecule has 0 unspecified atom stereocenters. The Morgan fingerprint density at radius 1 is 1.38 bits per heavy atom. The monoisotopic (exact) mass is 304 g/mol. The van der Waals surface area contributed by atoms with E-state index in [0.717, 1.165) is 29.8 Å². The summed E-state index contributed by atoms with van der Waals surface area (Å²) in [5, 5.41) is 8.04. The first-order chi connectivity index (χ1) is 10.2. The molecular weight excluding hydrogens is 287 g/mol. The van der Waals surface area contributed by atoms with Gasteiger partial charge in [-0.05, 0) is 42.0 Å². The third kappa shape index (κ3) is 3.31. The van der Waals surface area contributed by atoms with Gasteiger partial charge >= 0.3 is 0 Å². The lowest BCUT2D eigenvalue weighted by Gasteiger charge is -2.23. The summed E-state index contributed by atoms with van der Waals surface area (Å²) in [4.78, 5) is 12.6. The lowest BCUT2D eigenvalue weighted by molar-refractivity contribution is -0.124. The molecular formula is C16H17FN2OS. The average Bonchev–Trinajstić information content (AvgIpc) is 3.02. The Morgan fingerprint density at radius 2 is 2.29 bits per heavy atom. The van der Waals surface area contributed by atoms with Crippen LogP contribution >= 0.6 is 11.3 Å². The molecule has 2 heterocycles. The highest BCUT2D eigenvalue weighted by Gasteiger charge is 2.21. The van der Waals surface area contributed by atoms with Crippen LogP contribution in [0.4, 0.5) is 4.39 Å². The largest absolute Gasteiger partial charge is 0.355 e. The number of hydrogen-bond acceptors (Lipinski definition) is 3. The van der Waals surface area contributed by atoms with Gasteiger partial charge in [0.25, 0.3) is 0 Å². The van der Waals surface area contributed by atoms with Crippen LogP contribution in [0.3, 0.4) is 0 Å². The Labute approximate surface area is 127 Å². The van der Waals surface area contributed by atoms with E-state index in [1.54, 1.807) is 6.07 Å². The highest BCUT2D eigenvalue weighted by molar-refractivity contribution is 7.13. The molecule has 1 amide bonds. The van der Waals surface area contributed by atoms with Gasteiger partial charge in [-0.3, -0.25) is 4.79 Å². The van der Waals surface area contributed by atoms with Gasteiger partial charge in [-0.25, -0.2) is 4.39 Å². The molecule has 5 heteroatoms. The summed E-state index contributed by atoms with van der Waals surface area (Å²) in [5.74, 6) is -0.154. The van der Waals surface area contributed by atoms with Gasteiger partial charge in [-0.2, -0.15) is 0 Å². The summed E-state index contributed by atoms with van der Waals surface area (Å²) in [7, 11) is 0. The lowest BCUT2D eigenvalue weighted by Crippen LogP contribution is -2.47. The van der Waals surface area contributed by atoms with Crippen molar-refractivity contribution in [1.82, 2.24) is 10.6 Å². The minimum atomic E-state index is -0.211. The first kappa shape index (κ1) is 14.2. The van der Waals surface area contributed by atoms with E-state index in [1.807, 2.05) is 23.6 Å². The first-order valence-electron chi connectivity index (χ1n) is 7.07. The van der Waals surface area contributed by atoms with Crippen LogP contribution in [0.25, 0.3) is 10.4 Å². The van der Waals surface area contributed by atoms with Crippen molar-refractivity contribution in [3.8, 4) is 10.4 Å². The Balaban J connectivity index is 1.71. The molecule has 0 bridgehead atoms. The van der Waals surface area contributed by atoms with Gasteiger partial charge in [0, 0.05) is 23.5 Å². The number of piperidine rings is 1. The van der Waals surface area contributed by atoms with Crippen LogP contribution in [-0.2, 0) is 11.3 Å². The molecule has 0 saturated carbocycles. The summed E-state index contributed by atoms with van der Waals surface area (Å²) in [6.07, 6.45) is 1.85. The molecule has 1 saturated heterocycles. The van der Waals surface area contributed by atoms with E-state index in [9.17, 15) is 9.18 Å². The van der Waals surface area contributed by atoms with Gasteiger partial charge in [-0.1, -0.05) is 12.1 Å². The number of carbonyl (C=O) groups excluding carboxylic acids is 1. The van der Waals surface area contributed by atoms with Crippen LogP contribution in [-0.4, -0.2) is 18.5 Å². The van der Waals surface area contributed by atoms with Gasteiger partial charge < -0.3 is 10.6 Å². The summed E-state index contributed by atoms with van der Waals surface area (Å²) in [6.45, 7) is 1.33. The molecule has 1 aromatic heterocycles. The van der Waals surface area contributed by atoms with Crippen molar-refractivity contribution >= 4 is 17.2 Å². The van der Waals surface area contributed by atoms with E-state index >= 15 is 0 Å². The van der Waals surface area contributed by atoms with Crippen LogP contribution in [0, 0.1) is 5.82 Å². The average molecular weight is 304 g/mol. The van der Waals surface area contributed by atoms with E-state index < -0.39 is 0 Å². The molecule has 1 aliphatic rings. The molecule has 0 radical (unpaired) electrons. The van der Waals surface area contributed by atoms with Crippen LogP contribution in [0.1, 0.15) is 18.4 Å². The summed E-state index contributed by atoms with van der Waals surface area (Å²) in [5.41, 5.74) is 1.61. The highest BCUT2D eigenvalue weighted by Crippen LogP contribution is 2.28. The fourth-order valence-corrected chi connectivity index (χ4v) is 3.26. The summed E-state index contributed by atoms with van der Waals surface area (Å²) < 4.78 is 13.9. The molecule has 21 heavy (non-hydrogen) atoms. The van der Waals surface area contributed by atoms with Crippen molar-refractivity contribution in [3.63, 3.8) is 0 Å². The van der Waals surface area contributed by atoms with Crippen molar-refractivity contribution in [2.75, 3.05) is 6.54 Å². The van der Waals surface area contributed by atoms with E-state index in [2.05, 4.69) is 10.6 Å². The number of halogens is 1. The molecule has 0 spiro atoms. The number of hydrogen-bond donors (Lipinski definition) is 2. The maximum atomic E-state index is 13.9. The predicted octanol–water partition coefficient (Wildman–Crippen LogP) is 2.92. The lowest BCUT2D eigenvalue weighted by atomic mass is 10.1. The van der Waals surface area contributed by atoms with Crippen LogP contribution in [0.5, 0.6) is 0 Å². The second-order valence-corrected chi connectivity index (χ2v) is 6.11. The quantitative estimate of drug-likeness (QED) is 0.912. The van der Waals surface area contributed by atoms with Crippen molar-refractivity contribution < 1.29 is 9.18 Å². The van der Waals surface area contributed by atoms with E-state index in [0.29, 0.717) is 12.1 Å². The number of rotatable bonds is 4. The number of amides is 1. The number of nitrogens with one attached hydrogen (secondary N) is 2. The number of carbonyl (C=O) groups is 1. The molecule has 1 fully saturated rings. The molecule has 3 nitrogen and oxygen atoms in total. The first-order valence-corrected chi connectivity index (χ1v) is 7.95. The number of benzene rings is 1. The van der Waals surface area contributed by atoms with Crippen LogP contribution in [0.15, 0.2) is 35.7 Å². The van der Waals surface area contributed by atoms with Gasteiger partial charge in [0.2, 0.25) is 5.91 Å². The maximum absolute atomic E-state index is 13.9. The smallest absolute Gasteiger partial charge is 0.237 e. The van der Waals surface area contributed by atoms with Crippen molar-refractivity contribution in [2.45, 2.75) is 25.4 Å². The Hall–Kier alpha value is -1.72. The molecule has 3 rings (SSSR count). The van der Waals surface area contributed by atoms with Crippen LogP contribution in [0.2, 0.25) is 0 Å². The maximum Gasteiger partial charge on any atom is 0.237 e. The number of thiophene rings is 1. The Morgan fingerprint density at radius 3 is 3.05 bits per heavy atom.